The summed E-state index contributed by atoms with van der Waals surface area (Å²) in [4.78, 5) is 36.9. The van der Waals surface area contributed by atoms with Crippen LogP contribution in [0.25, 0.3) is 10.9 Å². The number of hydrogen-bond acceptors (Lipinski definition) is 4. The van der Waals surface area contributed by atoms with Gasteiger partial charge in [-0.2, -0.15) is 0 Å². The van der Waals surface area contributed by atoms with Crippen LogP contribution in [-0.2, 0) is 16.0 Å². The van der Waals surface area contributed by atoms with Gasteiger partial charge in [-0.25, -0.2) is 0 Å². The number of fused-ring (bicyclic) bond motifs is 4. The number of amides is 2. The van der Waals surface area contributed by atoms with E-state index in [9.17, 15) is 9.59 Å². The normalized spacial score (nSPS) is 19.9. The Bertz CT molecular complexity index is 1230. The minimum Gasteiger partial charge on any atom is -0.497 e. The Morgan fingerprint density at radius 3 is 2.66 bits per heavy atom. The van der Waals surface area contributed by atoms with E-state index in [0.29, 0.717) is 13.0 Å². The number of para-hydroxylation sites is 1. The second-order valence-corrected chi connectivity index (χ2v) is 9.40. The number of aromatic amines is 1. The molecule has 5 rings (SSSR count). The maximum Gasteiger partial charge on any atom is 0.246 e. The molecular weight excluding hydrogens is 440 g/mol. The average molecular weight is 475 g/mol. The highest BCUT2D eigenvalue weighted by Crippen LogP contribution is 2.43. The molecule has 1 N–H and O–H groups in total. The van der Waals surface area contributed by atoms with Crippen LogP contribution in [-0.4, -0.2) is 77.4 Å². The van der Waals surface area contributed by atoms with E-state index < -0.39 is 6.04 Å². The molecular formula is C28H34N4O3. The van der Waals surface area contributed by atoms with Crippen LogP contribution in [0.5, 0.6) is 5.75 Å². The van der Waals surface area contributed by atoms with Gasteiger partial charge in [-0.05, 0) is 55.4 Å². The fraction of sp³-hybridized carbons (Fsp3) is 0.429. The quantitative estimate of drug-likeness (QED) is 0.542. The summed E-state index contributed by atoms with van der Waals surface area (Å²) in [6.07, 6.45) is 1.39. The molecule has 2 atom stereocenters. The summed E-state index contributed by atoms with van der Waals surface area (Å²) < 4.78 is 5.48. The molecule has 0 radical (unpaired) electrons. The van der Waals surface area contributed by atoms with Crippen LogP contribution < -0.4 is 4.74 Å². The van der Waals surface area contributed by atoms with E-state index in [-0.39, 0.29) is 24.4 Å². The number of benzene rings is 2. The Morgan fingerprint density at radius 1 is 1.09 bits per heavy atom. The van der Waals surface area contributed by atoms with Gasteiger partial charge >= 0.3 is 0 Å². The lowest BCUT2D eigenvalue weighted by atomic mass is 9.86. The van der Waals surface area contributed by atoms with Gasteiger partial charge in [-0.1, -0.05) is 44.2 Å². The molecule has 2 amide bonds. The number of piperazine rings is 1. The van der Waals surface area contributed by atoms with E-state index >= 15 is 0 Å². The molecule has 1 saturated heterocycles. The van der Waals surface area contributed by atoms with Crippen LogP contribution in [0.3, 0.4) is 0 Å². The first-order valence-corrected chi connectivity index (χ1v) is 12.6. The van der Waals surface area contributed by atoms with Gasteiger partial charge < -0.3 is 24.4 Å². The second kappa shape index (κ2) is 9.74. The van der Waals surface area contributed by atoms with Crippen molar-refractivity contribution in [2.24, 2.45) is 0 Å². The summed E-state index contributed by atoms with van der Waals surface area (Å²) in [6, 6.07) is 15.1. The Kier molecular flexibility index (Phi) is 6.52. The number of hydrogen-bond donors (Lipinski definition) is 1. The van der Waals surface area contributed by atoms with Crippen LogP contribution in [0.2, 0.25) is 0 Å². The first-order valence-electron chi connectivity index (χ1n) is 12.6. The monoisotopic (exact) mass is 474 g/mol. The molecule has 2 aromatic carbocycles. The number of ether oxygens (including phenoxy) is 1. The first-order chi connectivity index (χ1) is 17.0. The minimum atomic E-state index is -0.507. The standard InChI is InChI=1S/C28H34N4O3/c1-4-30(5-2)14-9-15-31-18-25(33)32-24(28(31)34)17-22-21-12-6-7-13-23(21)29-26(22)27(32)19-10-8-11-20(16-19)35-3/h6-8,10-13,16,24,27,29H,4-5,9,14-15,17-18H2,1-3H3/t24-,27-/m0/s1. The highest BCUT2D eigenvalue weighted by Gasteiger charge is 2.48. The third-order valence-corrected chi connectivity index (χ3v) is 7.55. The molecule has 2 aliphatic heterocycles. The predicted molar refractivity (Wildman–Crippen MR) is 136 cm³/mol. The zero-order valence-corrected chi connectivity index (χ0v) is 20.8. The first kappa shape index (κ1) is 23.4. The lowest BCUT2D eigenvalue weighted by Gasteiger charge is -2.47. The molecule has 7 heteroatoms. The highest BCUT2D eigenvalue weighted by molar-refractivity contribution is 5.97. The SMILES string of the molecule is CCN(CC)CCCN1CC(=O)N2[C@@H](c3cccc(OC)c3)c3[nH]c4ccccc4c3C[C@H]2C1=O. The number of rotatable bonds is 8. The number of carbonyl (C=O) groups excluding carboxylic acids is 2. The van der Waals surface area contributed by atoms with Gasteiger partial charge in [-0.3, -0.25) is 9.59 Å². The Balaban J connectivity index is 1.52. The zero-order chi connectivity index (χ0) is 24.5. The van der Waals surface area contributed by atoms with Crippen molar-refractivity contribution in [2.75, 3.05) is 39.8 Å². The van der Waals surface area contributed by atoms with Crippen molar-refractivity contribution < 1.29 is 14.3 Å². The summed E-state index contributed by atoms with van der Waals surface area (Å²) in [6.45, 7) is 7.95. The molecule has 0 spiro atoms. The Labute approximate surface area is 206 Å². The maximum absolute atomic E-state index is 13.8. The van der Waals surface area contributed by atoms with Crippen LogP contribution >= 0.6 is 0 Å². The number of H-pyrrole nitrogens is 1. The van der Waals surface area contributed by atoms with Crippen molar-refractivity contribution in [3.05, 3.63) is 65.4 Å². The number of nitrogens with one attached hydrogen (secondary N) is 1. The lowest BCUT2D eigenvalue weighted by Crippen LogP contribution is -2.63. The fourth-order valence-corrected chi connectivity index (χ4v) is 5.70. The second-order valence-electron chi connectivity index (χ2n) is 9.40. The van der Waals surface area contributed by atoms with Crippen molar-refractivity contribution in [1.29, 1.82) is 0 Å². The number of methoxy groups -OCH3 is 1. The molecule has 3 aromatic rings. The third-order valence-electron chi connectivity index (χ3n) is 7.55. The summed E-state index contributed by atoms with van der Waals surface area (Å²) in [5.74, 6) is 0.777. The van der Waals surface area contributed by atoms with Crippen molar-refractivity contribution >= 4 is 22.7 Å². The average Bonchev–Trinajstić information content (AvgIpc) is 3.26. The van der Waals surface area contributed by atoms with Gasteiger partial charge in [0.05, 0.1) is 19.7 Å². The number of nitrogens with zero attached hydrogens (tertiary/aromatic N) is 3. The molecule has 3 heterocycles. The molecule has 0 aliphatic carbocycles. The van der Waals surface area contributed by atoms with E-state index in [0.717, 1.165) is 59.5 Å². The number of carbonyl (C=O) groups is 2. The molecule has 1 fully saturated rings. The Hall–Kier alpha value is -3.32. The summed E-state index contributed by atoms with van der Waals surface area (Å²) in [7, 11) is 1.64. The van der Waals surface area contributed by atoms with Gasteiger partial charge in [0.2, 0.25) is 11.8 Å². The summed E-state index contributed by atoms with van der Waals surface area (Å²) in [5, 5.41) is 1.12. The van der Waals surface area contributed by atoms with Crippen LogP contribution in [0, 0.1) is 0 Å². The lowest BCUT2D eigenvalue weighted by molar-refractivity contribution is -0.158. The minimum absolute atomic E-state index is 0.00503. The highest BCUT2D eigenvalue weighted by atomic mass is 16.5. The molecule has 184 valence electrons. The molecule has 35 heavy (non-hydrogen) atoms. The smallest absolute Gasteiger partial charge is 0.246 e. The van der Waals surface area contributed by atoms with Gasteiger partial charge in [0, 0.05) is 29.6 Å². The predicted octanol–water partition coefficient (Wildman–Crippen LogP) is 3.59. The molecule has 2 aliphatic rings. The van der Waals surface area contributed by atoms with E-state index in [1.54, 1.807) is 12.0 Å². The van der Waals surface area contributed by atoms with Crippen molar-refractivity contribution in [2.45, 2.75) is 38.8 Å². The molecule has 0 saturated carbocycles. The number of aromatic nitrogens is 1. The maximum atomic E-state index is 13.8. The van der Waals surface area contributed by atoms with Crippen molar-refractivity contribution in [3.63, 3.8) is 0 Å². The van der Waals surface area contributed by atoms with Gasteiger partial charge in [0.25, 0.3) is 0 Å². The van der Waals surface area contributed by atoms with E-state index in [1.165, 1.54) is 0 Å². The van der Waals surface area contributed by atoms with Gasteiger partial charge in [-0.15, -0.1) is 0 Å². The van der Waals surface area contributed by atoms with Crippen LogP contribution in [0.1, 0.15) is 43.1 Å². The molecule has 1 aromatic heterocycles. The third kappa shape index (κ3) is 4.18. The van der Waals surface area contributed by atoms with Crippen LogP contribution in [0.15, 0.2) is 48.5 Å². The topological polar surface area (TPSA) is 68.9 Å². The van der Waals surface area contributed by atoms with E-state index in [2.05, 4.69) is 35.9 Å². The molecule has 0 unspecified atom stereocenters. The van der Waals surface area contributed by atoms with Gasteiger partial charge in [0.1, 0.15) is 11.8 Å². The Morgan fingerprint density at radius 2 is 1.89 bits per heavy atom. The van der Waals surface area contributed by atoms with Crippen LogP contribution in [0.4, 0.5) is 0 Å². The van der Waals surface area contributed by atoms with E-state index in [4.69, 9.17) is 4.74 Å². The molecule has 0 bridgehead atoms. The van der Waals surface area contributed by atoms with E-state index in [1.807, 2.05) is 41.3 Å². The van der Waals surface area contributed by atoms with Gasteiger partial charge in [0.15, 0.2) is 0 Å². The zero-order valence-electron chi connectivity index (χ0n) is 20.8. The largest absolute Gasteiger partial charge is 0.497 e. The fourth-order valence-electron chi connectivity index (χ4n) is 5.70. The van der Waals surface area contributed by atoms with Crippen molar-refractivity contribution in [1.82, 2.24) is 19.7 Å². The summed E-state index contributed by atoms with van der Waals surface area (Å²) >= 11 is 0. The summed E-state index contributed by atoms with van der Waals surface area (Å²) in [5.41, 5.74) is 4.09. The van der Waals surface area contributed by atoms with Crippen molar-refractivity contribution in [3.8, 4) is 5.75 Å². The molecule has 7 nitrogen and oxygen atoms in total.